The van der Waals surface area contributed by atoms with E-state index in [0.717, 1.165) is 24.5 Å². The molecule has 0 N–H and O–H groups in total. The van der Waals surface area contributed by atoms with E-state index in [9.17, 15) is 9.18 Å². The third kappa shape index (κ3) is 4.07. The molecule has 0 unspecified atom stereocenters. The van der Waals surface area contributed by atoms with Crippen LogP contribution in [0.1, 0.15) is 27.2 Å². The Bertz CT molecular complexity index is 1000. The lowest BCUT2D eigenvalue weighted by atomic mass is 10.1. The number of rotatable bonds is 4. The molecule has 0 aliphatic carbocycles. The fraction of sp³-hybridized carbons (Fsp3) is 0.304. The number of aromatic nitrogens is 2. The van der Waals surface area contributed by atoms with Gasteiger partial charge in [0.15, 0.2) is 0 Å². The summed E-state index contributed by atoms with van der Waals surface area (Å²) in [6.45, 7) is 7.25. The first-order valence-electron chi connectivity index (χ1n) is 9.89. The van der Waals surface area contributed by atoms with E-state index in [2.05, 4.69) is 10.00 Å². The molecule has 29 heavy (non-hydrogen) atoms. The molecule has 6 heteroatoms. The largest absolute Gasteiger partial charge is 0.336 e. The van der Waals surface area contributed by atoms with Crippen LogP contribution in [0.3, 0.4) is 0 Å². The smallest absolute Gasteiger partial charge is 0.257 e. The van der Waals surface area contributed by atoms with Gasteiger partial charge in [0.05, 0.1) is 23.1 Å². The van der Waals surface area contributed by atoms with Gasteiger partial charge in [-0.2, -0.15) is 5.10 Å². The standard InChI is InChI=1S/C23H25FN4O/c1-17-7-9-20(10-8-17)28-18(2)21(15-25-28)23(29)27-13-11-26(12-14-27)16-19-5-3-4-6-22(19)24/h3-10,15H,11-14,16H2,1-2H3. The van der Waals surface area contributed by atoms with Crippen molar-refractivity contribution in [1.82, 2.24) is 19.6 Å². The number of aryl methyl sites for hydroxylation is 1. The quantitative estimate of drug-likeness (QED) is 0.681. The van der Waals surface area contributed by atoms with Gasteiger partial charge in [-0.15, -0.1) is 0 Å². The van der Waals surface area contributed by atoms with Crippen molar-refractivity contribution in [2.24, 2.45) is 0 Å². The molecule has 5 nitrogen and oxygen atoms in total. The van der Waals surface area contributed by atoms with Gasteiger partial charge in [-0.3, -0.25) is 9.69 Å². The zero-order valence-corrected chi connectivity index (χ0v) is 16.8. The Morgan fingerprint density at radius 3 is 2.38 bits per heavy atom. The van der Waals surface area contributed by atoms with Crippen molar-refractivity contribution in [1.29, 1.82) is 0 Å². The van der Waals surface area contributed by atoms with Gasteiger partial charge in [-0.25, -0.2) is 9.07 Å². The Kier molecular flexibility index (Phi) is 5.45. The summed E-state index contributed by atoms with van der Waals surface area (Å²) in [5.41, 5.74) is 4.30. The molecule has 150 valence electrons. The molecule has 1 aromatic heterocycles. The minimum absolute atomic E-state index is 0.00593. The molecule has 0 atom stereocenters. The fourth-order valence-corrected chi connectivity index (χ4v) is 3.71. The summed E-state index contributed by atoms with van der Waals surface area (Å²) in [6.07, 6.45) is 1.66. The normalized spacial score (nSPS) is 14.9. The molecule has 0 saturated carbocycles. The molecular formula is C23H25FN4O. The van der Waals surface area contributed by atoms with Gasteiger partial charge >= 0.3 is 0 Å². The van der Waals surface area contributed by atoms with E-state index in [1.807, 2.05) is 55.1 Å². The molecular weight excluding hydrogens is 367 g/mol. The van der Waals surface area contributed by atoms with Crippen LogP contribution in [-0.2, 0) is 6.54 Å². The first-order valence-corrected chi connectivity index (χ1v) is 9.89. The van der Waals surface area contributed by atoms with Crippen LogP contribution in [0, 0.1) is 19.7 Å². The number of carbonyl (C=O) groups is 1. The molecule has 2 aromatic carbocycles. The van der Waals surface area contributed by atoms with E-state index in [-0.39, 0.29) is 11.7 Å². The fourth-order valence-electron chi connectivity index (χ4n) is 3.71. The lowest BCUT2D eigenvalue weighted by Crippen LogP contribution is -2.48. The Balaban J connectivity index is 1.41. The summed E-state index contributed by atoms with van der Waals surface area (Å²) >= 11 is 0. The number of carbonyl (C=O) groups excluding carboxylic acids is 1. The lowest BCUT2D eigenvalue weighted by molar-refractivity contribution is 0.0626. The highest BCUT2D eigenvalue weighted by molar-refractivity contribution is 5.95. The summed E-state index contributed by atoms with van der Waals surface area (Å²) in [6, 6.07) is 14.9. The Morgan fingerprint density at radius 1 is 1.00 bits per heavy atom. The highest BCUT2D eigenvalue weighted by Gasteiger charge is 2.25. The van der Waals surface area contributed by atoms with E-state index in [1.54, 1.807) is 16.9 Å². The maximum absolute atomic E-state index is 13.9. The van der Waals surface area contributed by atoms with Gasteiger partial charge in [0, 0.05) is 38.3 Å². The molecule has 1 fully saturated rings. The molecule has 2 heterocycles. The molecule has 0 radical (unpaired) electrons. The molecule has 0 bridgehead atoms. The highest BCUT2D eigenvalue weighted by atomic mass is 19.1. The van der Waals surface area contributed by atoms with E-state index < -0.39 is 0 Å². The average molecular weight is 392 g/mol. The van der Waals surface area contributed by atoms with Crippen LogP contribution in [0.2, 0.25) is 0 Å². The molecule has 3 aromatic rings. The summed E-state index contributed by atoms with van der Waals surface area (Å²) < 4.78 is 15.7. The maximum atomic E-state index is 13.9. The number of hydrogen-bond donors (Lipinski definition) is 0. The minimum atomic E-state index is -0.176. The second-order valence-corrected chi connectivity index (χ2v) is 7.55. The van der Waals surface area contributed by atoms with Crippen molar-refractivity contribution in [3.05, 3.63) is 82.9 Å². The zero-order chi connectivity index (χ0) is 20.4. The van der Waals surface area contributed by atoms with Gasteiger partial charge in [-0.05, 0) is 32.0 Å². The first-order chi connectivity index (χ1) is 14.0. The minimum Gasteiger partial charge on any atom is -0.336 e. The van der Waals surface area contributed by atoms with Gasteiger partial charge in [0.2, 0.25) is 0 Å². The monoisotopic (exact) mass is 392 g/mol. The van der Waals surface area contributed by atoms with E-state index in [4.69, 9.17) is 0 Å². The summed E-state index contributed by atoms with van der Waals surface area (Å²) in [7, 11) is 0. The first kappa shape index (κ1) is 19.3. The second-order valence-electron chi connectivity index (χ2n) is 7.55. The van der Waals surface area contributed by atoms with Crippen molar-refractivity contribution in [3.8, 4) is 5.69 Å². The summed E-state index contributed by atoms with van der Waals surface area (Å²) in [5.74, 6) is -0.170. The third-order valence-corrected chi connectivity index (χ3v) is 5.53. The van der Waals surface area contributed by atoms with Crippen molar-refractivity contribution in [3.63, 3.8) is 0 Å². The number of amides is 1. The molecule has 1 saturated heterocycles. The van der Waals surface area contributed by atoms with E-state index in [1.165, 1.54) is 11.6 Å². The number of benzene rings is 2. The molecule has 4 rings (SSSR count). The van der Waals surface area contributed by atoms with Crippen molar-refractivity contribution in [2.75, 3.05) is 26.2 Å². The van der Waals surface area contributed by atoms with Gasteiger partial charge in [0.1, 0.15) is 5.82 Å². The maximum Gasteiger partial charge on any atom is 0.257 e. The summed E-state index contributed by atoms with van der Waals surface area (Å²) in [4.78, 5) is 17.1. The topological polar surface area (TPSA) is 41.4 Å². The van der Waals surface area contributed by atoms with Crippen LogP contribution in [0.25, 0.3) is 5.69 Å². The van der Waals surface area contributed by atoms with Crippen LogP contribution < -0.4 is 0 Å². The second kappa shape index (κ2) is 8.17. The van der Waals surface area contributed by atoms with Crippen LogP contribution in [0.5, 0.6) is 0 Å². The van der Waals surface area contributed by atoms with Gasteiger partial charge in [-0.1, -0.05) is 35.9 Å². The molecule has 0 spiro atoms. The number of nitrogens with zero attached hydrogens (tertiary/aromatic N) is 4. The van der Waals surface area contributed by atoms with Gasteiger partial charge in [0.25, 0.3) is 5.91 Å². The van der Waals surface area contributed by atoms with Crippen LogP contribution >= 0.6 is 0 Å². The van der Waals surface area contributed by atoms with Crippen molar-refractivity contribution in [2.45, 2.75) is 20.4 Å². The molecule has 1 amide bonds. The number of piperazine rings is 1. The lowest BCUT2D eigenvalue weighted by Gasteiger charge is -2.34. The Morgan fingerprint density at radius 2 is 1.69 bits per heavy atom. The SMILES string of the molecule is Cc1ccc(-n2ncc(C(=O)N3CCN(Cc4ccccc4F)CC3)c2C)cc1. The van der Waals surface area contributed by atoms with Gasteiger partial charge < -0.3 is 4.90 Å². The Hall–Kier alpha value is -2.99. The highest BCUT2D eigenvalue weighted by Crippen LogP contribution is 2.18. The average Bonchev–Trinajstić information content (AvgIpc) is 3.12. The Labute approximate surface area is 170 Å². The van der Waals surface area contributed by atoms with Crippen LogP contribution in [-0.4, -0.2) is 51.7 Å². The third-order valence-electron chi connectivity index (χ3n) is 5.53. The summed E-state index contributed by atoms with van der Waals surface area (Å²) in [5, 5.41) is 4.43. The molecule has 1 aliphatic heterocycles. The van der Waals surface area contributed by atoms with Crippen molar-refractivity contribution < 1.29 is 9.18 Å². The zero-order valence-electron chi connectivity index (χ0n) is 16.8. The van der Waals surface area contributed by atoms with Crippen LogP contribution in [0.15, 0.2) is 54.7 Å². The molecule has 1 aliphatic rings. The predicted octanol–water partition coefficient (Wildman–Crippen LogP) is 3.59. The van der Waals surface area contributed by atoms with Crippen molar-refractivity contribution >= 4 is 5.91 Å². The van der Waals surface area contributed by atoms with E-state index in [0.29, 0.717) is 30.8 Å². The predicted molar refractivity (Wildman–Crippen MR) is 111 cm³/mol. The number of hydrogen-bond acceptors (Lipinski definition) is 3. The number of halogens is 1. The van der Waals surface area contributed by atoms with E-state index >= 15 is 0 Å². The van der Waals surface area contributed by atoms with Crippen LogP contribution in [0.4, 0.5) is 4.39 Å².